The van der Waals surface area contributed by atoms with E-state index in [-0.39, 0.29) is 50.6 Å². The van der Waals surface area contributed by atoms with Crippen LogP contribution >= 0.6 is 34.8 Å². The summed E-state index contributed by atoms with van der Waals surface area (Å²) in [7, 11) is 17.1. The number of anilines is 18. The number of nitrogens with one attached hydrogen (secondary N) is 9. The molecule has 9 aromatic rings. The van der Waals surface area contributed by atoms with E-state index < -0.39 is 34.3 Å². The van der Waals surface area contributed by atoms with Gasteiger partial charge in [-0.25, -0.2) is 28.1 Å². The smallest absolute Gasteiger partial charge is 0.247 e. The van der Waals surface area contributed by atoms with Gasteiger partial charge in [0.25, 0.3) is 0 Å². The third-order valence-corrected chi connectivity index (χ3v) is 23.3. The topological polar surface area (TPSA) is 345 Å². The summed E-state index contributed by atoms with van der Waals surface area (Å²) in [6, 6.07) is 24.9. The lowest BCUT2D eigenvalue weighted by Gasteiger charge is -2.26. The van der Waals surface area contributed by atoms with Gasteiger partial charge in [-0.05, 0) is 193 Å². The fraction of sp³-hybridized carbons (Fsp3) is 0.367. The Labute approximate surface area is 748 Å². The van der Waals surface area contributed by atoms with E-state index in [4.69, 9.17) is 49.0 Å². The Balaban J connectivity index is 0.000000197. The van der Waals surface area contributed by atoms with Gasteiger partial charge >= 0.3 is 0 Å². The molecule has 36 heteroatoms. The minimum atomic E-state index is -1.30. The number of aromatic nitrogens is 6. The Morgan fingerprint density at radius 1 is 0.429 bits per heavy atom. The fourth-order valence-electron chi connectivity index (χ4n) is 14.4. The van der Waals surface area contributed by atoms with Crippen LogP contribution < -0.4 is 76.8 Å². The Morgan fingerprint density at radius 3 is 0.897 bits per heavy atom. The van der Waals surface area contributed by atoms with Crippen molar-refractivity contribution in [3.8, 4) is 17.2 Å². The monoisotopic (exact) mass is 1790 g/mol. The lowest BCUT2D eigenvalue weighted by Crippen LogP contribution is -2.31. The van der Waals surface area contributed by atoms with E-state index in [9.17, 15) is 42.9 Å². The highest BCUT2D eigenvalue weighted by molar-refractivity contribution is 6.31. The zero-order valence-electron chi connectivity index (χ0n) is 73.4. The van der Waals surface area contributed by atoms with Crippen LogP contribution in [0.25, 0.3) is 0 Å². The van der Waals surface area contributed by atoms with Gasteiger partial charge in [0.1, 0.15) is 52.2 Å². The highest BCUT2D eigenvalue weighted by Gasteiger charge is 2.34. The molecule has 3 fully saturated rings. The van der Waals surface area contributed by atoms with E-state index in [1.807, 2.05) is 18.2 Å². The minimum absolute atomic E-state index is 0.0885. The lowest BCUT2D eigenvalue weighted by molar-refractivity contribution is -0.112. The van der Waals surface area contributed by atoms with Gasteiger partial charge in [0.2, 0.25) is 35.6 Å². The van der Waals surface area contributed by atoms with Gasteiger partial charge in [-0.3, -0.25) is 14.4 Å². The Morgan fingerprint density at radius 2 is 0.683 bits per heavy atom. The van der Waals surface area contributed by atoms with Crippen LogP contribution in [0.15, 0.2) is 148 Å². The molecule has 0 spiro atoms. The van der Waals surface area contributed by atoms with Crippen molar-refractivity contribution in [3.05, 3.63) is 197 Å². The molecule has 3 aliphatic rings. The molecule has 12 rings (SSSR count). The molecule has 6 heterocycles. The molecular formula is C90H111Cl3F3N21O9. The van der Waals surface area contributed by atoms with Crippen LogP contribution in [0.4, 0.5) is 117 Å². The van der Waals surface area contributed by atoms with Crippen LogP contribution in [-0.2, 0) is 31.2 Å². The molecule has 6 aromatic carbocycles. The highest BCUT2D eigenvalue weighted by Crippen LogP contribution is 2.46. The summed E-state index contributed by atoms with van der Waals surface area (Å²) < 4.78 is 60.0. The Hall–Kier alpha value is -11.8. The number of hydrogen-bond acceptors (Lipinski definition) is 27. The SMILES string of the molecule is C=CC(=O)Nc1cc(Nc2nccc(Nc3cc(Cl)c(F)cc3C(C)(O)CC)n2)c(OC)cc1N1CC[C@@H](N(C)C)C1.C=CC(=O)Nc1cc(Nc2nccc(Nc3cc(Cl)c(F)cc3C(C)(O)CC)n2)c(OC)cc1N1CC[C@@H](N(C)C)C1.C=CC(=O)Nc1cc(Nc2nccc(Nc3cc(Cl)c(F)cc3C(C)(O)CC)n2)c(OC)cc1N1CC[C@@H](N(C)C)C1. The molecule has 3 aromatic heterocycles. The third kappa shape index (κ3) is 24.1. The van der Waals surface area contributed by atoms with Crippen molar-refractivity contribution in [1.29, 1.82) is 0 Å². The predicted octanol–water partition coefficient (Wildman–Crippen LogP) is 16.9. The summed E-state index contributed by atoms with van der Waals surface area (Å²) in [5, 5.41) is 60.0. The quantitative estimate of drug-likeness (QED) is 0.0170. The molecule has 3 aliphatic heterocycles. The summed E-state index contributed by atoms with van der Waals surface area (Å²) in [6.45, 7) is 25.9. The number of nitrogens with zero attached hydrogens (tertiary/aromatic N) is 12. The van der Waals surface area contributed by atoms with Gasteiger partial charge in [0, 0.05) is 128 Å². The normalized spacial score (nSPS) is 16.2. The summed E-state index contributed by atoms with van der Waals surface area (Å²) >= 11 is 18.2. The van der Waals surface area contributed by atoms with Crippen molar-refractivity contribution in [1.82, 2.24) is 44.6 Å². The number of halogens is 6. The van der Waals surface area contributed by atoms with Crippen LogP contribution in [0.3, 0.4) is 0 Å². The molecule has 672 valence electrons. The van der Waals surface area contributed by atoms with Crippen LogP contribution in [0.5, 0.6) is 17.2 Å². The van der Waals surface area contributed by atoms with E-state index in [2.05, 4.69) is 169 Å². The molecule has 12 N–H and O–H groups in total. The van der Waals surface area contributed by atoms with Crippen LogP contribution in [-0.4, -0.2) is 199 Å². The van der Waals surface area contributed by atoms with Gasteiger partial charge < -0.3 is 107 Å². The number of rotatable bonds is 33. The van der Waals surface area contributed by atoms with Crippen molar-refractivity contribution < 1.29 is 57.1 Å². The van der Waals surface area contributed by atoms with E-state index in [0.29, 0.717) is 140 Å². The molecule has 6 atom stereocenters. The van der Waals surface area contributed by atoms with Crippen LogP contribution in [0, 0.1) is 17.5 Å². The predicted molar refractivity (Wildman–Crippen MR) is 498 cm³/mol. The number of benzene rings is 6. The molecular weight excluding hydrogens is 1680 g/mol. The number of methoxy groups -OCH3 is 3. The van der Waals surface area contributed by atoms with Crippen molar-refractivity contribution in [2.45, 2.75) is 115 Å². The average Bonchev–Trinajstić information content (AvgIpc) is 1.10. The van der Waals surface area contributed by atoms with Gasteiger partial charge in [-0.2, -0.15) is 15.0 Å². The van der Waals surface area contributed by atoms with Gasteiger partial charge in [-0.15, -0.1) is 0 Å². The average molecular weight is 1790 g/mol. The first-order valence-corrected chi connectivity index (χ1v) is 42.0. The Kier molecular flexibility index (Phi) is 32.5. The summed E-state index contributed by atoms with van der Waals surface area (Å²) in [5.74, 6) is 0.539. The van der Waals surface area contributed by atoms with Crippen molar-refractivity contribution >= 4 is 156 Å². The first-order valence-electron chi connectivity index (χ1n) is 40.8. The number of carbonyl (C=O) groups excluding carboxylic acids is 3. The molecule has 0 radical (unpaired) electrons. The first kappa shape index (κ1) is 96.4. The van der Waals surface area contributed by atoms with E-state index >= 15 is 0 Å². The Bertz CT molecular complexity index is 4920. The molecule has 30 nitrogen and oxygen atoms in total. The summed E-state index contributed by atoms with van der Waals surface area (Å²) in [4.78, 5) is 76.9. The van der Waals surface area contributed by atoms with E-state index in [1.165, 1.54) is 54.6 Å². The molecule has 3 unspecified atom stereocenters. The van der Waals surface area contributed by atoms with Crippen molar-refractivity contribution in [2.75, 3.05) is 165 Å². The molecule has 0 saturated carbocycles. The molecule has 0 aliphatic carbocycles. The van der Waals surface area contributed by atoms with Gasteiger partial charge in [-0.1, -0.05) is 75.3 Å². The van der Waals surface area contributed by atoms with Crippen LogP contribution in [0.2, 0.25) is 15.1 Å². The van der Waals surface area contributed by atoms with Crippen LogP contribution in [0.1, 0.15) is 96.8 Å². The van der Waals surface area contributed by atoms with Crippen molar-refractivity contribution in [2.24, 2.45) is 0 Å². The third-order valence-electron chi connectivity index (χ3n) is 22.5. The maximum Gasteiger partial charge on any atom is 0.247 e. The minimum Gasteiger partial charge on any atom is -0.494 e. The van der Waals surface area contributed by atoms with E-state index in [0.717, 1.165) is 75.6 Å². The highest BCUT2D eigenvalue weighted by atomic mass is 35.5. The second kappa shape index (κ2) is 42.5. The second-order valence-electron chi connectivity index (χ2n) is 31.7. The number of carbonyl (C=O) groups is 3. The van der Waals surface area contributed by atoms with E-state index in [1.54, 1.807) is 118 Å². The van der Waals surface area contributed by atoms with Gasteiger partial charge in [0.05, 0.1) is 104 Å². The summed E-state index contributed by atoms with van der Waals surface area (Å²) in [5.41, 5.74) is 4.21. The maximum atomic E-state index is 14.3. The number of ether oxygens (including phenoxy) is 3. The lowest BCUT2D eigenvalue weighted by atomic mass is 9.91. The number of hydrogen-bond donors (Lipinski definition) is 12. The number of aliphatic hydroxyl groups is 3. The zero-order chi connectivity index (χ0) is 91.8. The molecule has 3 saturated heterocycles. The standard InChI is InChI=1S/3C30H37ClFN7O3/c3*1-7-28(40)35-23-15-24(26(42-6)16-25(23)39-12-10-18(17-39)38(4)5)36-29-33-11-9-27(37-29)34-22-14-20(31)21(32)13-19(22)30(3,41)8-2/h3*7,9,11,13-16,18,41H,1,8,10,12,17H2,2-6H3,(H,35,40)(H2,33,34,36,37)/t3*18-,30?/m111/s1. The van der Waals surface area contributed by atoms with Crippen molar-refractivity contribution in [3.63, 3.8) is 0 Å². The number of likely N-dealkylation sites (N-methyl/N-ethyl adjacent to an activating group) is 3. The zero-order valence-corrected chi connectivity index (χ0v) is 75.7. The first-order chi connectivity index (χ1) is 59.8. The molecule has 0 bridgehead atoms. The second-order valence-corrected chi connectivity index (χ2v) is 32.9. The number of amides is 3. The fourth-order valence-corrected chi connectivity index (χ4v) is 14.9. The largest absolute Gasteiger partial charge is 0.494 e. The molecule has 3 amide bonds. The molecule has 126 heavy (non-hydrogen) atoms. The van der Waals surface area contributed by atoms with Gasteiger partial charge in [0.15, 0.2) is 0 Å². The summed E-state index contributed by atoms with van der Waals surface area (Å²) in [6.07, 6.45) is 12.3. The maximum absolute atomic E-state index is 14.3.